The maximum atomic E-state index is 6.19. The molecule has 3 rings (SSSR count). The first-order valence-corrected chi connectivity index (χ1v) is 8.43. The van der Waals surface area contributed by atoms with Gasteiger partial charge in [0.05, 0.1) is 5.52 Å². The summed E-state index contributed by atoms with van der Waals surface area (Å²) in [5.74, 6) is 1.28. The van der Waals surface area contributed by atoms with Crippen LogP contribution in [0.3, 0.4) is 0 Å². The number of para-hydroxylation sites is 1. The highest BCUT2D eigenvalue weighted by molar-refractivity contribution is 5.88. The maximum absolute atomic E-state index is 6.19. The van der Waals surface area contributed by atoms with Gasteiger partial charge in [0.25, 0.3) is 0 Å². The van der Waals surface area contributed by atoms with Gasteiger partial charge in [-0.25, -0.2) is 4.98 Å². The molecule has 1 saturated carbocycles. The van der Waals surface area contributed by atoms with Gasteiger partial charge in [0.1, 0.15) is 5.82 Å². The van der Waals surface area contributed by atoms with Crippen LogP contribution >= 0.6 is 0 Å². The summed E-state index contributed by atoms with van der Waals surface area (Å²) < 4.78 is 0. The van der Waals surface area contributed by atoms with E-state index in [0.717, 1.165) is 42.5 Å². The molecule has 0 spiro atoms. The third kappa shape index (κ3) is 3.24. The van der Waals surface area contributed by atoms with Gasteiger partial charge in [-0.1, -0.05) is 12.1 Å². The molecule has 0 radical (unpaired) electrons. The van der Waals surface area contributed by atoms with E-state index in [1.807, 2.05) is 24.3 Å². The predicted octanol–water partition coefficient (Wildman–Crippen LogP) is 3.09. The summed E-state index contributed by atoms with van der Waals surface area (Å²) in [5.41, 5.74) is 13.1. The normalized spacial score (nSPS) is 22.3. The van der Waals surface area contributed by atoms with E-state index in [9.17, 15) is 0 Å². The Morgan fingerprint density at radius 2 is 1.70 bits per heavy atom. The van der Waals surface area contributed by atoms with Crippen LogP contribution in [0.5, 0.6) is 0 Å². The van der Waals surface area contributed by atoms with Gasteiger partial charge in [0.2, 0.25) is 5.95 Å². The van der Waals surface area contributed by atoms with Crippen molar-refractivity contribution in [3.63, 3.8) is 0 Å². The first-order chi connectivity index (χ1) is 10.9. The Balaban J connectivity index is 2.03. The molecule has 1 fully saturated rings. The summed E-state index contributed by atoms with van der Waals surface area (Å²) in [5, 5.41) is 0.913. The standard InChI is InChI=1S/C18H27N5/c1-18(2,3)23(13-10-8-12(19)9-11-13)17-21-15-7-5-4-6-14(15)16(20)22-17/h4-7,12-13H,8-11,19H2,1-3H3,(H2,20,21,22)/t12-,13+. The topological polar surface area (TPSA) is 81.1 Å². The number of aromatic nitrogens is 2. The summed E-state index contributed by atoms with van der Waals surface area (Å²) in [6.07, 6.45) is 4.27. The molecule has 1 heterocycles. The van der Waals surface area contributed by atoms with Crippen LogP contribution in [-0.2, 0) is 0 Å². The third-order valence-electron chi connectivity index (χ3n) is 4.67. The number of anilines is 2. The molecule has 0 amide bonds. The molecule has 5 heteroatoms. The van der Waals surface area contributed by atoms with E-state index < -0.39 is 0 Å². The molecule has 1 aromatic heterocycles. The van der Waals surface area contributed by atoms with Crippen molar-refractivity contribution in [1.82, 2.24) is 9.97 Å². The fourth-order valence-corrected chi connectivity index (χ4v) is 3.57. The maximum Gasteiger partial charge on any atom is 0.228 e. The van der Waals surface area contributed by atoms with Gasteiger partial charge in [-0.05, 0) is 58.6 Å². The van der Waals surface area contributed by atoms with Crippen LogP contribution in [0.2, 0.25) is 0 Å². The van der Waals surface area contributed by atoms with Crippen molar-refractivity contribution in [2.24, 2.45) is 5.73 Å². The first-order valence-electron chi connectivity index (χ1n) is 8.43. The summed E-state index contributed by atoms with van der Waals surface area (Å²) in [6, 6.07) is 8.65. The minimum Gasteiger partial charge on any atom is -0.383 e. The number of hydrogen-bond acceptors (Lipinski definition) is 5. The number of rotatable bonds is 2. The Morgan fingerprint density at radius 3 is 2.35 bits per heavy atom. The van der Waals surface area contributed by atoms with Crippen LogP contribution in [0.25, 0.3) is 10.9 Å². The Labute approximate surface area is 138 Å². The zero-order valence-corrected chi connectivity index (χ0v) is 14.3. The van der Waals surface area contributed by atoms with E-state index in [1.54, 1.807) is 0 Å². The number of hydrogen-bond donors (Lipinski definition) is 2. The highest BCUT2D eigenvalue weighted by Gasteiger charge is 2.33. The number of fused-ring (bicyclic) bond motifs is 1. The molecule has 124 valence electrons. The summed E-state index contributed by atoms with van der Waals surface area (Å²) in [4.78, 5) is 11.8. The van der Waals surface area contributed by atoms with E-state index in [1.165, 1.54) is 0 Å². The van der Waals surface area contributed by atoms with Crippen molar-refractivity contribution in [2.45, 2.75) is 64.1 Å². The third-order valence-corrected chi connectivity index (χ3v) is 4.67. The van der Waals surface area contributed by atoms with Crippen LogP contribution in [0.15, 0.2) is 24.3 Å². The summed E-state index contributed by atoms with van der Waals surface area (Å²) in [7, 11) is 0. The number of benzene rings is 1. The van der Waals surface area contributed by atoms with Gasteiger partial charge in [-0.15, -0.1) is 0 Å². The number of nitrogens with two attached hydrogens (primary N) is 2. The zero-order chi connectivity index (χ0) is 16.6. The lowest BCUT2D eigenvalue weighted by atomic mass is 9.88. The molecule has 5 nitrogen and oxygen atoms in total. The molecule has 0 aliphatic heterocycles. The van der Waals surface area contributed by atoms with Crippen molar-refractivity contribution in [3.05, 3.63) is 24.3 Å². The molecule has 0 bridgehead atoms. The highest BCUT2D eigenvalue weighted by Crippen LogP contribution is 2.32. The lowest BCUT2D eigenvalue weighted by Crippen LogP contribution is -2.51. The second kappa shape index (κ2) is 5.96. The van der Waals surface area contributed by atoms with Gasteiger partial charge < -0.3 is 16.4 Å². The fraction of sp³-hybridized carbons (Fsp3) is 0.556. The fourth-order valence-electron chi connectivity index (χ4n) is 3.57. The largest absolute Gasteiger partial charge is 0.383 e. The van der Waals surface area contributed by atoms with Crippen molar-refractivity contribution < 1.29 is 0 Å². The van der Waals surface area contributed by atoms with E-state index in [0.29, 0.717) is 17.9 Å². The average Bonchev–Trinajstić information content (AvgIpc) is 2.48. The summed E-state index contributed by atoms with van der Waals surface area (Å²) in [6.45, 7) is 6.61. The van der Waals surface area contributed by atoms with E-state index in [-0.39, 0.29) is 5.54 Å². The van der Waals surface area contributed by atoms with Crippen LogP contribution < -0.4 is 16.4 Å². The minimum atomic E-state index is -0.0685. The smallest absolute Gasteiger partial charge is 0.228 e. The molecule has 0 unspecified atom stereocenters. The zero-order valence-electron chi connectivity index (χ0n) is 14.3. The van der Waals surface area contributed by atoms with Crippen LogP contribution in [-0.4, -0.2) is 27.6 Å². The van der Waals surface area contributed by atoms with Crippen molar-refractivity contribution in [1.29, 1.82) is 0 Å². The van der Waals surface area contributed by atoms with Crippen molar-refractivity contribution in [2.75, 3.05) is 10.6 Å². The second-order valence-corrected chi connectivity index (χ2v) is 7.54. The monoisotopic (exact) mass is 313 g/mol. The predicted molar refractivity (Wildman–Crippen MR) is 96.4 cm³/mol. The molecule has 1 aliphatic rings. The van der Waals surface area contributed by atoms with Crippen LogP contribution in [0, 0.1) is 0 Å². The van der Waals surface area contributed by atoms with Gasteiger partial charge in [0.15, 0.2) is 0 Å². The first kappa shape index (κ1) is 16.0. The van der Waals surface area contributed by atoms with Gasteiger partial charge in [-0.3, -0.25) is 0 Å². The Bertz CT molecular complexity index is 683. The molecular formula is C18H27N5. The lowest BCUT2D eigenvalue weighted by Gasteiger charge is -2.44. The number of nitrogen functional groups attached to an aromatic ring is 1. The Kier molecular flexibility index (Phi) is 4.15. The van der Waals surface area contributed by atoms with Crippen molar-refractivity contribution in [3.8, 4) is 0 Å². The molecule has 23 heavy (non-hydrogen) atoms. The minimum absolute atomic E-state index is 0.0685. The molecule has 1 aliphatic carbocycles. The van der Waals surface area contributed by atoms with E-state index in [4.69, 9.17) is 16.5 Å². The SMILES string of the molecule is CC(C)(C)N(c1nc(N)c2ccccc2n1)[C@H]1CC[C@@H](N)CC1. The molecular weight excluding hydrogens is 286 g/mol. The van der Waals surface area contributed by atoms with E-state index in [2.05, 4.69) is 30.7 Å². The van der Waals surface area contributed by atoms with E-state index >= 15 is 0 Å². The Hall–Kier alpha value is -1.88. The summed E-state index contributed by atoms with van der Waals surface area (Å²) >= 11 is 0. The van der Waals surface area contributed by atoms with Gasteiger partial charge in [-0.2, -0.15) is 4.98 Å². The van der Waals surface area contributed by atoms with Crippen molar-refractivity contribution >= 4 is 22.7 Å². The van der Waals surface area contributed by atoms with Crippen LogP contribution in [0.4, 0.5) is 11.8 Å². The highest BCUT2D eigenvalue weighted by atomic mass is 15.3. The molecule has 0 saturated heterocycles. The molecule has 0 atom stereocenters. The Morgan fingerprint density at radius 1 is 1.04 bits per heavy atom. The molecule has 1 aromatic carbocycles. The molecule has 2 aromatic rings. The van der Waals surface area contributed by atoms with Crippen LogP contribution in [0.1, 0.15) is 46.5 Å². The van der Waals surface area contributed by atoms with Gasteiger partial charge >= 0.3 is 0 Å². The molecule has 4 N–H and O–H groups in total. The number of nitrogens with zero attached hydrogens (tertiary/aromatic N) is 3. The second-order valence-electron chi connectivity index (χ2n) is 7.54. The quantitative estimate of drug-likeness (QED) is 0.890. The lowest BCUT2D eigenvalue weighted by molar-refractivity contribution is 0.327. The van der Waals surface area contributed by atoms with Gasteiger partial charge in [0, 0.05) is 23.0 Å². The average molecular weight is 313 g/mol.